The lowest BCUT2D eigenvalue weighted by molar-refractivity contribution is -0.131. The lowest BCUT2D eigenvalue weighted by Crippen LogP contribution is -2.50. The molecule has 1 aliphatic rings. The van der Waals surface area contributed by atoms with Crippen LogP contribution in [0.4, 0.5) is 0 Å². The highest BCUT2D eigenvalue weighted by molar-refractivity contribution is 7.99. The van der Waals surface area contributed by atoms with Crippen molar-refractivity contribution in [1.29, 1.82) is 5.26 Å². The normalized spacial score (nSPS) is 15.9. The number of benzene rings is 1. The highest BCUT2D eigenvalue weighted by Gasteiger charge is 2.38. The van der Waals surface area contributed by atoms with Crippen LogP contribution in [-0.4, -0.2) is 44.0 Å². The van der Waals surface area contributed by atoms with E-state index in [1.807, 2.05) is 31.2 Å². The average molecular weight is 385 g/mol. The van der Waals surface area contributed by atoms with Gasteiger partial charge >= 0.3 is 0 Å². The Labute approximate surface area is 163 Å². The number of nitrogens with zero attached hydrogens (tertiary/aromatic N) is 5. The summed E-state index contributed by atoms with van der Waals surface area (Å²) in [6, 6.07) is 10.2. The van der Waals surface area contributed by atoms with E-state index >= 15 is 0 Å². The second-order valence-electron chi connectivity index (χ2n) is 6.99. The molecule has 1 amide bonds. The predicted molar refractivity (Wildman–Crippen MR) is 105 cm³/mol. The number of nitriles is 1. The molecule has 1 aromatic heterocycles. The fourth-order valence-electron chi connectivity index (χ4n) is 3.40. The van der Waals surface area contributed by atoms with Gasteiger partial charge in [0.05, 0.1) is 11.8 Å². The van der Waals surface area contributed by atoms with Crippen molar-refractivity contribution in [3.63, 3.8) is 0 Å². The molecule has 7 nitrogen and oxygen atoms in total. The first kappa shape index (κ1) is 19.2. The van der Waals surface area contributed by atoms with Gasteiger partial charge in [-0.15, -0.1) is 10.2 Å². The van der Waals surface area contributed by atoms with Crippen LogP contribution in [0.2, 0.25) is 0 Å². The van der Waals surface area contributed by atoms with E-state index in [-0.39, 0.29) is 11.7 Å². The number of carbonyl (C=O) groups excluding carboxylic acids is 1. The first-order valence-corrected chi connectivity index (χ1v) is 10.0. The fourth-order valence-corrected chi connectivity index (χ4v) is 4.17. The number of hydrogen-bond acceptors (Lipinski definition) is 6. The molecule has 8 heteroatoms. The summed E-state index contributed by atoms with van der Waals surface area (Å²) in [5.74, 6) is 6.75. The molecule has 0 saturated heterocycles. The summed E-state index contributed by atoms with van der Waals surface area (Å²) < 4.78 is 1.41. The van der Waals surface area contributed by atoms with Crippen molar-refractivity contribution in [3.05, 3.63) is 29.8 Å². The quantitative estimate of drug-likeness (QED) is 0.628. The number of hydrogen-bond donors (Lipinski definition) is 1. The van der Waals surface area contributed by atoms with Gasteiger partial charge in [0.1, 0.15) is 5.54 Å². The molecule has 1 fully saturated rings. The molecule has 0 atom stereocenters. The number of carbonyl (C=O) groups is 1. The number of nitrogen functional groups attached to an aromatic ring is 1. The molecule has 0 bridgehead atoms. The molecule has 3 rings (SSSR count). The third-order valence-corrected chi connectivity index (χ3v) is 6.13. The monoisotopic (exact) mass is 384 g/mol. The zero-order chi connectivity index (χ0) is 19.4. The number of aromatic nitrogens is 3. The lowest BCUT2D eigenvalue weighted by Gasteiger charge is -2.39. The van der Waals surface area contributed by atoms with Crippen LogP contribution >= 0.6 is 11.8 Å². The van der Waals surface area contributed by atoms with Crippen LogP contribution in [0.1, 0.15) is 37.7 Å². The van der Waals surface area contributed by atoms with Crippen molar-refractivity contribution >= 4 is 17.7 Å². The van der Waals surface area contributed by atoms with E-state index in [2.05, 4.69) is 16.3 Å². The minimum Gasteiger partial charge on any atom is -0.335 e. The van der Waals surface area contributed by atoms with Gasteiger partial charge in [0.2, 0.25) is 11.1 Å². The van der Waals surface area contributed by atoms with E-state index in [4.69, 9.17) is 5.84 Å². The highest BCUT2D eigenvalue weighted by atomic mass is 32.2. The molecule has 1 aliphatic carbocycles. The van der Waals surface area contributed by atoms with Crippen LogP contribution in [0, 0.1) is 18.3 Å². The molecule has 1 heterocycles. The Morgan fingerprint density at radius 1 is 1.30 bits per heavy atom. The van der Waals surface area contributed by atoms with Gasteiger partial charge in [-0.2, -0.15) is 5.26 Å². The second-order valence-corrected chi connectivity index (χ2v) is 7.93. The SMILES string of the molecule is Cc1ccc(-c2nnc(SCC(=O)N(C)C3(C#N)CCCCC3)n2N)cc1. The van der Waals surface area contributed by atoms with E-state index in [1.165, 1.54) is 16.4 Å². The fraction of sp³-hybridized carbons (Fsp3) is 0.474. The zero-order valence-electron chi connectivity index (χ0n) is 15.7. The molecule has 0 unspecified atom stereocenters. The summed E-state index contributed by atoms with van der Waals surface area (Å²) in [6.07, 6.45) is 4.56. The predicted octanol–water partition coefficient (Wildman–Crippen LogP) is 2.74. The van der Waals surface area contributed by atoms with Gasteiger partial charge in [0, 0.05) is 12.6 Å². The van der Waals surface area contributed by atoms with Gasteiger partial charge in [-0.1, -0.05) is 60.9 Å². The summed E-state index contributed by atoms with van der Waals surface area (Å²) in [5.41, 5.74) is 1.34. The van der Waals surface area contributed by atoms with Crippen LogP contribution < -0.4 is 5.84 Å². The highest BCUT2D eigenvalue weighted by Crippen LogP contribution is 2.33. The molecule has 1 saturated carbocycles. The number of nitrogens with two attached hydrogens (primary N) is 1. The van der Waals surface area contributed by atoms with E-state index in [1.54, 1.807) is 11.9 Å². The topological polar surface area (TPSA) is 101 Å². The van der Waals surface area contributed by atoms with E-state index in [0.29, 0.717) is 11.0 Å². The molecule has 1 aromatic carbocycles. The maximum atomic E-state index is 12.7. The molecular weight excluding hydrogens is 360 g/mol. The van der Waals surface area contributed by atoms with Crippen molar-refractivity contribution in [2.75, 3.05) is 18.6 Å². The van der Waals surface area contributed by atoms with Gasteiger partial charge in [-0.05, 0) is 19.8 Å². The van der Waals surface area contributed by atoms with Crippen LogP contribution in [0.3, 0.4) is 0 Å². The number of rotatable bonds is 5. The third-order valence-electron chi connectivity index (χ3n) is 5.20. The second kappa shape index (κ2) is 8.01. The maximum absolute atomic E-state index is 12.7. The molecule has 0 radical (unpaired) electrons. The van der Waals surface area contributed by atoms with Crippen molar-refractivity contribution < 1.29 is 4.79 Å². The van der Waals surface area contributed by atoms with Gasteiger partial charge in [-0.3, -0.25) is 4.79 Å². The Bertz CT molecular complexity index is 848. The summed E-state index contributed by atoms with van der Waals surface area (Å²) in [6.45, 7) is 2.01. The van der Waals surface area contributed by atoms with E-state index in [0.717, 1.165) is 43.2 Å². The van der Waals surface area contributed by atoms with Gasteiger partial charge in [-0.25, -0.2) is 4.68 Å². The number of aryl methyl sites for hydroxylation is 1. The summed E-state index contributed by atoms with van der Waals surface area (Å²) in [7, 11) is 1.72. The van der Waals surface area contributed by atoms with Crippen molar-refractivity contribution in [3.8, 4) is 17.5 Å². The largest absolute Gasteiger partial charge is 0.335 e. The minimum absolute atomic E-state index is 0.0941. The summed E-state index contributed by atoms with van der Waals surface area (Å²) in [5, 5.41) is 18.4. The Balaban J connectivity index is 1.67. The Kier molecular flexibility index (Phi) is 5.71. The number of thioether (sulfide) groups is 1. The standard InChI is InChI=1S/C19H24N6OS/c1-14-6-8-15(9-7-14)17-22-23-18(25(17)21)27-12-16(26)24(2)19(13-20)10-4-3-5-11-19/h6-9H,3-5,10-12,21H2,1-2H3. The first-order chi connectivity index (χ1) is 13.0. The minimum atomic E-state index is -0.681. The molecule has 2 aromatic rings. The summed E-state index contributed by atoms with van der Waals surface area (Å²) >= 11 is 1.24. The molecule has 27 heavy (non-hydrogen) atoms. The third kappa shape index (κ3) is 3.93. The van der Waals surface area contributed by atoms with Crippen molar-refractivity contribution in [2.45, 2.75) is 49.7 Å². The van der Waals surface area contributed by atoms with Gasteiger partial charge < -0.3 is 10.7 Å². The molecule has 2 N–H and O–H groups in total. The summed E-state index contributed by atoms with van der Waals surface area (Å²) in [4.78, 5) is 14.3. The Hall–Kier alpha value is -2.53. The average Bonchev–Trinajstić information content (AvgIpc) is 3.07. The van der Waals surface area contributed by atoms with E-state index < -0.39 is 5.54 Å². The maximum Gasteiger partial charge on any atom is 0.234 e. The van der Waals surface area contributed by atoms with Crippen LogP contribution in [0.5, 0.6) is 0 Å². The number of amides is 1. The van der Waals surface area contributed by atoms with Gasteiger partial charge in [0.25, 0.3) is 0 Å². The lowest BCUT2D eigenvalue weighted by atomic mass is 9.81. The van der Waals surface area contributed by atoms with Gasteiger partial charge in [0.15, 0.2) is 5.82 Å². The molecular formula is C19H24N6OS. The van der Waals surface area contributed by atoms with Crippen LogP contribution in [-0.2, 0) is 4.79 Å². The zero-order valence-corrected chi connectivity index (χ0v) is 16.5. The molecule has 0 spiro atoms. The Morgan fingerprint density at radius 3 is 2.59 bits per heavy atom. The molecule has 0 aliphatic heterocycles. The Morgan fingerprint density at radius 2 is 1.96 bits per heavy atom. The smallest absolute Gasteiger partial charge is 0.234 e. The first-order valence-electron chi connectivity index (χ1n) is 9.05. The van der Waals surface area contributed by atoms with Crippen molar-refractivity contribution in [2.24, 2.45) is 0 Å². The molecule has 142 valence electrons. The van der Waals surface area contributed by atoms with Crippen LogP contribution in [0.15, 0.2) is 29.4 Å². The van der Waals surface area contributed by atoms with E-state index in [9.17, 15) is 10.1 Å². The van der Waals surface area contributed by atoms with Crippen LogP contribution in [0.25, 0.3) is 11.4 Å². The van der Waals surface area contributed by atoms with Crippen molar-refractivity contribution in [1.82, 2.24) is 19.8 Å².